The van der Waals surface area contributed by atoms with Gasteiger partial charge in [-0.2, -0.15) is 5.10 Å². The van der Waals surface area contributed by atoms with Crippen LogP contribution in [0.5, 0.6) is 0 Å². The zero-order chi connectivity index (χ0) is 21.7. The van der Waals surface area contributed by atoms with Crippen molar-refractivity contribution in [1.82, 2.24) is 19.9 Å². The monoisotopic (exact) mass is 409 g/mol. The van der Waals surface area contributed by atoms with Crippen LogP contribution in [-0.2, 0) is 0 Å². The van der Waals surface area contributed by atoms with Crippen LogP contribution in [0.4, 0.5) is 5.82 Å². The number of nitrogens with one attached hydrogen (secondary N) is 1. The Hall–Kier alpha value is -2.60. The molecule has 0 aliphatic carbocycles. The summed E-state index contributed by atoms with van der Waals surface area (Å²) in [5.41, 5.74) is 9.56. The molecular formula is C24H35N5O. The van der Waals surface area contributed by atoms with E-state index < -0.39 is 0 Å². The van der Waals surface area contributed by atoms with Gasteiger partial charge in [0.1, 0.15) is 17.6 Å². The molecule has 3 rings (SSSR count). The van der Waals surface area contributed by atoms with Gasteiger partial charge < -0.3 is 16.2 Å². The molecule has 3 heterocycles. The maximum absolute atomic E-state index is 10.3. The van der Waals surface area contributed by atoms with Crippen LogP contribution in [0.25, 0.3) is 11.1 Å². The van der Waals surface area contributed by atoms with E-state index in [1.807, 2.05) is 10.6 Å². The fraction of sp³-hybridized carbons (Fsp3) is 0.500. The average molecular weight is 410 g/mol. The Morgan fingerprint density at radius 3 is 2.97 bits per heavy atom. The van der Waals surface area contributed by atoms with Gasteiger partial charge in [-0.25, -0.2) is 9.50 Å². The molecule has 2 aromatic heterocycles. The molecule has 0 spiro atoms. The second-order valence-electron chi connectivity index (χ2n) is 8.36. The smallest absolute Gasteiger partial charge is 0.151 e. The first-order valence-corrected chi connectivity index (χ1v) is 11.1. The van der Waals surface area contributed by atoms with E-state index in [2.05, 4.69) is 48.8 Å². The molecule has 1 fully saturated rings. The van der Waals surface area contributed by atoms with E-state index in [0.29, 0.717) is 23.4 Å². The van der Waals surface area contributed by atoms with Gasteiger partial charge in [0, 0.05) is 17.6 Å². The minimum absolute atomic E-state index is 0.176. The lowest BCUT2D eigenvalue weighted by atomic mass is 10.1. The first-order valence-electron chi connectivity index (χ1n) is 11.1. The first kappa shape index (κ1) is 22.1. The number of nitrogen functional groups attached to an aromatic ring is 1. The fourth-order valence-electron chi connectivity index (χ4n) is 4.02. The second-order valence-corrected chi connectivity index (χ2v) is 8.36. The zero-order valence-electron chi connectivity index (χ0n) is 18.4. The quantitative estimate of drug-likeness (QED) is 0.384. The van der Waals surface area contributed by atoms with Crippen LogP contribution >= 0.6 is 0 Å². The molecule has 0 saturated carbocycles. The Labute approximate surface area is 179 Å². The Morgan fingerprint density at radius 2 is 2.23 bits per heavy atom. The molecule has 2 unspecified atom stereocenters. The average Bonchev–Trinajstić information content (AvgIpc) is 3.35. The number of hydrogen-bond donors (Lipinski definition) is 3. The van der Waals surface area contributed by atoms with Crippen LogP contribution in [0.3, 0.4) is 0 Å². The Balaban J connectivity index is 1.91. The third kappa shape index (κ3) is 4.93. The van der Waals surface area contributed by atoms with E-state index in [0.717, 1.165) is 36.0 Å². The van der Waals surface area contributed by atoms with Crippen molar-refractivity contribution in [3.8, 4) is 0 Å². The standard InChI is InChI=1S/C24H35N5O/c1-5-7-8-18-10-12-21(28-18)22-14-20(23-24(25)26-15-27-29(22)23)17(4)13-19(30)11-9-16(3)6-2/h9,11,13-16,18,21,28,30H,4-8,10,12H2,1-3H3,(H2,25,26,27)/b11-9-,19-13+/t16?,18?,21-/m1/s1. The van der Waals surface area contributed by atoms with Gasteiger partial charge in [0.05, 0.1) is 5.69 Å². The number of allylic oxidation sites excluding steroid dienone is 4. The Kier molecular flexibility index (Phi) is 7.32. The number of hydrogen-bond acceptors (Lipinski definition) is 5. The molecular weight excluding hydrogens is 374 g/mol. The molecule has 1 aliphatic rings. The highest BCUT2D eigenvalue weighted by atomic mass is 16.3. The van der Waals surface area contributed by atoms with Crippen molar-refractivity contribution in [2.24, 2.45) is 5.92 Å². The van der Waals surface area contributed by atoms with E-state index in [9.17, 15) is 5.11 Å². The van der Waals surface area contributed by atoms with Crippen molar-refractivity contribution in [2.45, 2.75) is 71.4 Å². The van der Waals surface area contributed by atoms with E-state index in [-0.39, 0.29) is 11.8 Å². The van der Waals surface area contributed by atoms with Crippen LogP contribution in [0.15, 0.2) is 43.0 Å². The molecule has 162 valence electrons. The SMILES string of the molecule is C=C(/C=C(O)\C=C/C(C)CC)c1cc([C@H]2CCC(CCCC)N2)n2ncnc(N)c12. The lowest BCUT2D eigenvalue weighted by Crippen LogP contribution is -2.25. The van der Waals surface area contributed by atoms with E-state index >= 15 is 0 Å². The molecule has 2 aromatic rings. The lowest BCUT2D eigenvalue weighted by Gasteiger charge is -2.14. The summed E-state index contributed by atoms with van der Waals surface area (Å²) in [6.07, 6.45) is 13.8. The minimum Gasteiger partial charge on any atom is -0.508 e. The number of aromatic nitrogens is 3. The topological polar surface area (TPSA) is 88.5 Å². The first-order chi connectivity index (χ1) is 14.4. The summed E-state index contributed by atoms with van der Waals surface area (Å²) in [7, 11) is 0. The zero-order valence-corrected chi connectivity index (χ0v) is 18.4. The van der Waals surface area contributed by atoms with Crippen LogP contribution < -0.4 is 11.1 Å². The van der Waals surface area contributed by atoms with Crippen LogP contribution in [0.1, 0.15) is 76.6 Å². The fourth-order valence-corrected chi connectivity index (χ4v) is 4.02. The Bertz CT molecular complexity index is 942. The van der Waals surface area contributed by atoms with Gasteiger partial charge in [-0.05, 0) is 49.0 Å². The van der Waals surface area contributed by atoms with Gasteiger partial charge >= 0.3 is 0 Å². The Morgan fingerprint density at radius 1 is 1.43 bits per heavy atom. The summed E-state index contributed by atoms with van der Waals surface area (Å²) in [5, 5.41) is 18.6. The normalized spacial score (nSPS) is 21.0. The third-order valence-corrected chi connectivity index (χ3v) is 6.02. The highest BCUT2D eigenvalue weighted by molar-refractivity contribution is 5.88. The van der Waals surface area contributed by atoms with Gasteiger partial charge in [0.2, 0.25) is 0 Å². The molecule has 30 heavy (non-hydrogen) atoms. The second kappa shape index (κ2) is 9.94. The number of aliphatic hydroxyl groups excluding tert-OH is 1. The number of fused-ring (bicyclic) bond motifs is 1. The van der Waals surface area contributed by atoms with Crippen molar-refractivity contribution in [1.29, 1.82) is 0 Å². The van der Waals surface area contributed by atoms with E-state index in [4.69, 9.17) is 5.73 Å². The number of unbranched alkanes of at least 4 members (excludes halogenated alkanes) is 1. The summed E-state index contributed by atoms with van der Waals surface area (Å²) >= 11 is 0. The molecule has 3 atom stereocenters. The van der Waals surface area contributed by atoms with Gasteiger partial charge in [-0.15, -0.1) is 0 Å². The molecule has 4 N–H and O–H groups in total. The molecule has 1 saturated heterocycles. The molecule has 0 bridgehead atoms. The van der Waals surface area contributed by atoms with Crippen LogP contribution in [-0.4, -0.2) is 25.7 Å². The van der Waals surface area contributed by atoms with Crippen LogP contribution in [0, 0.1) is 5.92 Å². The highest BCUT2D eigenvalue weighted by Crippen LogP contribution is 2.34. The van der Waals surface area contributed by atoms with Gasteiger partial charge in [0.25, 0.3) is 0 Å². The van der Waals surface area contributed by atoms with E-state index in [1.54, 1.807) is 12.2 Å². The van der Waals surface area contributed by atoms with Crippen molar-refractivity contribution >= 4 is 16.9 Å². The van der Waals surface area contributed by atoms with Crippen molar-refractivity contribution in [2.75, 3.05) is 5.73 Å². The number of aliphatic hydroxyl groups is 1. The summed E-state index contributed by atoms with van der Waals surface area (Å²) in [6, 6.07) is 2.85. The summed E-state index contributed by atoms with van der Waals surface area (Å²) < 4.78 is 1.88. The number of anilines is 1. The minimum atomic E-state index is 0.176. The number of nitrogens with zero attached hydrogens (tertiary/aromatic N) is 3. The molecule has 0 radical (unpaired) electrons. The maximum atomic E-state index is 10.3. The van der Waals surface area contributed by atoms with Crippen molar-refractivity contribution in [3.05, 3.63) is 54.2 Å². The molecule has 1 aliphatic heterocycles. The molecule has 6 heteroatoms. The largest absolute Gasteiger partial charge is 0.508 e. The maximum Gasteiger partial charge on any atom is 0.151 e. The van der Waals surface area contributed by atoms with Gasteiger partial charge in [0.15, 0.2) is 5.82 Å². The molecule has 6 nitrogen and oxygen atoms in total. The highest BCUT2D eigenvalue weighted by Gasteiger charge is 2.28. The van der Waals surface area contributed by atoms with Gasteiger partial charge in [-0.1, -0.05) is 52.7 Å². The third-order valence-electron chi connectivity index (χ3n) is 6.02. The van der Waals surface area contributed by atoms with E-state index in [1.165, 1.54) is 25.6 Å². The van der Waals surface area contributed by atoms with Crippen molar-refractivity contribution < 1.29 is 5.11 Å². The predicted octanol–water partition coefficient (Wildman–Crippen LogP) is 5.35. The molecule has 0 aromatic carbocycles. The summed E-state index contributed by atoms with van der Waals surface area (Å²) in [5.74, 6) is 1.00. The van der Waals surface area contributed by atoms with Crippen molar-refractivity contribution in [3.63, 3.8) is 0 Å². The van der Waals surface area contributed by atoms with Gasteiger partial charge in [-0.3, -0.25) is 0 Å². The number of rotatable bonds is 9. The van der Waals surface area contributed by atoms with Crippen LogP contribution in [0.2, 0.25) is 0 Å². The molecule has 0 amide bonds. The number of nitrogens with two attached hydrogens (primary N) is 1. The summed E-state index contributed by atoms with van der Waals surface area (Å²) in [4.78, 5) is 4.18. The summed E-state index contributed by atoms with van der Waals surface area (Å²) in [6.45, 7) is 10.7. The lowest BCUT2D eigenvalue weighted by molar-refractivity contribution is 0.432. The predicted molar refractivity (Wildman–Crippen MR) is 124 cm³/mol.